The molecule has 1 N–H and O–H groups in total. The lowest BCUT2D eigenvalue weighted by Crippen LogP contribution is -2.45. The minimum Gasteiger partial charge on any atom is -0.371 e. The molecule has 0 spiro atoms. The number of benzene rings is 1. The van der Waals surface area contributed by atoms with E-state index in [1.807, 2.05) is 0 Å². The number of aromatic nitrogens is 2. The number of carbonyl (C=O) groups is 1. The van der Waals surface area contributed by atoms with Crippen LogP contribution >= 0.6 is 0 Å². The molecule has 10 heteroatoms. The van der Waals surface area contributed by atoms with E-state index < -0.39 is 10.0 Å². The molecule has 0 aliphatic carbocycles. The summed E-state index contributed by atoms with van der Waals surface area (Å²) >= 11 is 0. The lowest BCUT2D eigenvalue weighted by atomic mass is 10.0. The van der Waals surface area contributed by atoms with Crippen molar-refractivity contribution in [1.82, 2.24) is 19.6 Å². The zero-order valence-corrected chi connectivity index (χ0v) is 19.4. The predicted octanol–water partition coefficient (Wildman–Crippen LogP) is 1.73. The summed E-state index contributed by atoms with van der Waals surface area (Å²) in [6.45, 7) is 3.25. The minimum absolute atomic E-state index is 0.0167. The Morgan fingerprint density at radius 2 is 1.69 bits per heavy atom. The van der Waals surface area contributed by atoms with Gasteiger partial charge in [-0.1, -0.05) is 0 Å². The number of sulfonamides is 1. The number of nitrogens with zero attached hydrogens (tertiary/aromatic N) is 5. The van der Waals surface area contributed by atoms with Gasteiger partial charge in [-0.3, -0.25) is 4.79 Å². The Morgan fingerprint density at radius 1 is 1.03 bits per heavy atom. The third-order valence-electron chi connectivity index (χ3n) is 6.10. The number of hydrogen-bond acceptors (Lipinski definition) is 7. The van der Waals surface area contributed by atoms with E-state index in [9.17, 15) is 13.2 Å². The molecule has 4 rings (SSSR count). The van der Waals surface area contributed by atoms with Crippen molar-refractivity contribution in [2.24, 2.45) is 0 Å². The van der Waals surface area contributed by atoms with Crippen molar-refractivity contribution in [2.45, 2.75) is 36.6 Å². The van der Waals surface area contributed by atoms with Crippen molar-refractivity contribution in [3.63, 3.8) is 0 Å². The van der Waals surface area contributed by atoms with Crippen LogP contribution in [0, 0.1) is 0 Å². The van der Waals surface area contributed by atoms with E-state index in [0.29, 0.717) is 11.5 Å². The molecule has 32 heavy (non-hydrogen) atoms. The molecule has 1 aromatic heterocycles. The van der Waals surface area contributed by atoms with Gasteiger partial charge in [0.15, 0.2) is 0 Å². The number of anilines is 2. The third kappa shape index (κ3) is 4.71. The molecule has 3 heterocycles. The van der Waals surface area contributed by atoms with Crippen LogP contribution in [0.5, 0.6) is 0 Å². The first-order valence-corrected chi connectivity index (χ1v) is 12.4. The number of hydrogen-bond donors (Lipinski definition) is 1. The van der Waals surface area contributed by atoms with E-state index in [0.717, 1.165) is 57.5 Å². The first kappa shape index (κ1) is 22.5. The Hall–Kier alpha value is -2.72. The van der Waals surface area contributed by atoms with Gasteiger partial charge in [-0.15, -0.1) is 0 Å². The lowest BCUT2D eigenvalue weighted by Gasteiger charge is -2.32. The van der Waals surface area contributed by atoms with E-state index in [1.54, 1.807) is 30.6 Å². The van der Waals surface area contributed by atoms with Crippen LogP contribution in [0.25, 0.3) is 0 Å². The molecule has 1 aromatic carbocycles. The molecular formula is C22H30N6O3S. The normalized spacial score (nSPS) is 17.7. The number of piperidine rings is 1. The van der Waals surface area contributed by atoms with Gasteiger partial charge in [0.25, 0.3) is 5.91 Å². The van der Waals surface area contributed by atoms with Crippen LogP contribution in [-0.4, -0.2) is 74.9 Å². The van der Waals surface area contributed by atoms with Gasteiger partial charge in [0, 0.05) is 64.4 Å². The van der Waals surface area contributed by atoms with Crippen LogP contribution < -0.4 is 15.1 Å². The summed E-state index contributed by atoms with van der Waals surface area (Å²) in [5.74, 6) is 0.479. The van der Waals surface area contributed by atoms with Gasteiger partial charge in [-0.2, -0.15) is 0 Å². The van der Waals surface area contributed by atoms with E-state index in [2.05, 4.69) is 25.1 Å². The summed E-state index contributed by atoms with van der Waals surface area (Å²) in [5.41, 5.74) is 1.22. The zero-order valence-electron chi connectivity index (χ0n) is 18.6. The molecule has 2 aromatic rings. The van der Waals surface area contributed by atoms with Crippen molar-refractivity contribution in [2.75, 3.05) is 50.1 Å². The van der Waals surface area contributed by atoms with Crippen molar-refractivity contribution < 1.29 is 13.2 Å². The molecule has 2 aliphatic heterocycles. The summed E-state index contributed by atoms with van der Waals surface area (Å²) < 4.78 is 26.5. The van der Waals surface area contributed by atoms with E-state index in [1.165, 1.54) is 24.5 Å². The third-order valence-corrected chi connectivity index (χ3v) is 7.91. The molecule has 2 fully saturated rings. The fraction of sp³-hybridized carbons (Fsp3) is 0.500. The number of nitrogens with one attached hydrogen (secondary N) is 1. The standard InChI is InChI=1S/C22H30N6O3S/c1-26(2)32(30,31)18-6-7-20(27-12-3-4-13-27)19(16-18)21(29)25-17-8-14-28(15-9-17)22-23-10-5-11-24-22/h5-7,10-11,16-17H,3-4,8-9,12-15H2,1-2H3,(H,25,29). The Labute approximate surface area is 189 Å². The molecule has 0 saturated carbocycles. The predicted molar refractivity (Wildman–Crippen MR) is 123 cm³/mol. The summed E-state index contributed by atoms with van der Waals surface area (Å²) in [4.78, 5) is 26.3. The van der Waals surface area contributed by atoms with Crippen LogP contribution in [0.1, 0.15) is 36.0 Å². The Balaban J connectivity index is 1.51. The highest BCUT2D eigenvalue weighted by molar-refractivity contribution is 7.89. The number of amides is 1. The SMILES string of the molecule is CN(C)S(=O)(=O)c1ccc(N2CCCC2)c(C(=O)NC2CCN(c3ncccn3)CC2)c1. The number of rotatable bonds is 6. The van der Waals surface area contributed by atoms with Gasteiger partial charge in [0.2, 0.25) is 16.0 Å². The van der Waals surface area contributed by atoms with Crippen molar-refractivity contribution >= 4 is 27.6 Å². The molecular weight excluding hydrogens is 428 g/mol. The summed E-state index contributed by atoms with van der Waals surface area (Å²) in [6.07, 6.45) is 7.14. The fourth-order valence-electron chi connectivity index (χ4n) is 4.24. The maximum Gasteiger partial charge on any atom is 0.253 e. The smallest absolute Gasteiger partial charge is 0.253 e. The van der Waals surface area contributed by atoms with Crippen LogP contribution in [0.3, 0.4) is 0 Å². The average Bonchev–Trinajstić information content (AvgIpc) is 3.34. The minimum atomic E-state index is -3.63. The van der Waals surface area contributed by atoms with Crippen LogP contribution in [0.15, 0.2) is 41.6 Å². The Morgan fingerprint density at radius 3 is 2.31 bits per heavy atom. The zero-order chi connectivity index (χ0) is 22.7. The van der Waals surface area contributed by atoms with Crippen molar-refractivity contribution in [3.8, 4) is 0 Å². The van der Waals surface area contributed by atoms with E-state index >= 15 is 0 Å². The molecule has 0 atom stereocenters. The highest BCUT2D eigenvalue weighted by atomic mass is 32.2. The maximum absolute atomic E-state index is 13.3. The van der Waals surface area contributed by atoms with Crippen LogP contribution in [0.4, 0.5) is 11.6 Å². The van der Waals surface area contributed by atoms with E-state index in [4.69, 9.17) is 0 Å². The Bertz CT molecular complexity index is 1050. The van der Waals surface area contributed by atoms with Crippen molar-refractivity contribution in [3.05, 3.63) is 42.2 Å². The average molecular weight is 459 g/mol. The number of carbonyl (C=O) groups excluding carboxylic acids is 1. The van der Waals surface area contributed by atoms with Gasteiger partial charge < -0.3 is 15.1 Å². The molecule has 1 amide bonds. The highest BCUT2D eigenvalue weighted by Crippen LogP contribution is 2.28. The monoisotopic (exact) mass is 458 g/mol. The summed E-state index contributed by atoms with van der Waals surface area (Å²) in [7, 11) is -0.642. The molecule has 2 saturated heterocycles. The van der Waals surface area contributed by atoms with Gasteiger partial charge >= 0.3 is 0 Å². The lowest BCUT2D eigenvalue weighted by molar-refractivity contribution is 0.0931. The molecule has 9 nitrogen and oxygen atoms in total. The second-order valence-electron chi connectivity index (χ2n) is 8.44. The molecule has 0 radical (unpaired) electrons. The second kappa shape index (κ2) is 9.41. The highest BCUT2D eigenvalue weighted by Gasteiger charge is 2.27. The van der Waals surface area contributed by atoms with Crippen LogP contribution in [0.2, 0.25) is 0 Å². The second-order valence-corrected chi connectivity index (χ2v) is 10.6. The summed E-state index contributed by atoms with van der Waals surface area (Å²) in [6, 6.07) is 6.69. The maximum atomic E-state index is 13.3. The molecule has 0 bridgehead atoms. The van der Waals surface area contributed by atoms with Crippen molar-refractivity contribution in [1.29, 1.82) is 0 Å². The quantitative estimate of drug-likeness (QED) is 0.704. The molecule has 2 aliphatic rings. The molecule has 172 valence electrons. The van der Waals surface area contributed by atoms with E-state index in [-0.39, 0.29) is 16.8 Å². The largest absolute Gasteiger partial charge is 0.371 e. The van der Waals surface area contributed by atoms with Crippen LogP contribution in [-0.2, 0) is 10.0 Å². The first-order valence-electron chi connectivity index (χ1n) is 11.0. The van der Waals surface area contributed by atoms with Gasteiger partial charge in [-0.25, -0.2) is 22.7 Å². The fourth-order valence-corrected chi connectivity index (χ4v) is 5.17. The molecule has 0 unspecified atom stereocenters. The summed E-state index contributed by atoms with van der Waals surface area (Å²) in [5, 5.41) is 3.14. The first-order chi connectivity index (χ1) is 15.4. The Kier molecular flexibility index (Phi) is 6.61. The van der Waals surface area contributed by atoms with Gasteiger partial charge in [0.05, 0.1) is 10.5 Å². The topological polar surface area (TPSA) is 98.7 Å². The van der Waals surface area contributed by atoms with Gasteiger partial charge in [-0.05, 0) is 49.9 Å². The van der Waals surface area contributed by atoms with Gasteiger partial charge in [0.1, 0.15) is 0 Å².